The van der Waals surface area contributed by atoms with Gasteiger partial charge in [0.2, 0.25) is 5.89 Å². The number of nitrogens with one attached hydrogen (secondary N) is 2. The van der Waals surface area contributed by atoms with Crippen LogP contribution in [0.15, 0.2) is 70.3 Å². The molecule has 0 radical (unpaired) electrons. The lowest BCUT2D eigenvalue weighted by Gasteiger charge is -2.11. The predicted octanol–water partition coefficient (Wildman–Crippen LogP) is 4.28. The lowest BCUT2D eigenvalue weighted by molar-refractivity contribution is 0.402. The van der Waals surface area contributed by atoms with Crippen LogP contribution in [0, 0.1) is 0 Å². The van der Waals surface area contributed by atoms with Gasteiger partial charge in [-0.3, -0.25) is 0 Å². The van der Waals surface area contributed by atoms with Crippen LogP contribution in [0.4, 0.5) is 0 Å². The molecule has 160 valence electrons. The van der Waals surface area contributed by atoms with E-state index in [0.717, 1.165) is 30.3 Å². The van der Waals surface area contributed by atoms with E-state index in [-0.39, 0.29) is 24.0 Å². The summed E-state index contributed by atoms with van der Waals surface area (Å²) in [5, 5.41) is 6.59. The highest BCUT2D eigenvalue weighted by molar-refractivity contribution is 14.0. The number of hydrogen-bond donors (Lipinski definition) is 2. The first-order valence-electron chi connectivity index (χ1n) is 9.88. The molecule has 0 unspecified atom stereocenters. The van der Waals surface area contributed by atoms with Crippen molar-refractivity contribution >= 4 is 29.9 Å². The van der Waals surface area contributed by atoms with Crippen LogP contribution >= 0.6 is 24.0 Å². The zero-order valence-corrected chi connectivity index (χ0v) is 20.1. The minimum Gasteiger partial charge on any atom is -0.444 e. The van der Waals surface area contributed by atoms with Crippen molar-refractivity contribution in [2.45, 2.75) is 26.6 Å². The fourth-order valence-electron chi connectivity index (χ4n) is 2.90. The first-order chi connectivity index (χ1) is 14.1. The summed E-state index contributed by atoms with van der Waals surface area (Å²) < 4.78 is 5.60. The molecule has 1 aromatic heterocycles. The molecule has 0 saturated heterocycles. The van der Waals surface area contributed by atoms with Crippen LogP contribution in [0.5, 0.6) is 0 Å². The first kappa shape index (κ1) is 23.9. The molecule has 2 N–H and O–H groups in total. The molecule has 3 aromatic rings. The van der Waals surface area contributed by atoms with Gasteiger partial charge in [-0.05, 0) is 44.3 Å². The quantitative estimate of drug-likeness (QED) is 0.264. The second kappa shape index (κ2) is 12.3. The van der Waals surface area contributed by atoms with Gasteiger partial charge in [-0.15, -0.1) is 24.0 Å². The van der Waals surface area contributed by atoms with Crippen LogP contribution in [0.2, 0.25) is 0 Å². The Balaban J connectivity index is 0.00000320. The summed E-state index contributed by atoms with van der Waals surface area (Å²) in [6, 6.07) is 18.5. The Labute approximate surface area is 195 Å². The molecule has 1 heterocycles. The highest BCUT2D eigenvalue weighted by Crippen LogP contribution is 2.17. The number of hydrogen-bond acceptors (Lipinski definition) is 4. The van der Waals surface area contributed by atoms with E-state index in [1.54, 1.807) is 6.26 Å². The molecule has 0 saturated carbocycles. The maximum atomic E-state index is 5.60. The summed E-state index contributed by atoms with van der Waals surface area (Å²) in [5.74, 6) is 1.39. The molecule has 0 aliphatic carbocycles. The molecule has 0 spiro atoms. The number of benzene rings is 2. The molecule has 0 aliphatic rings. The second-order valence-electron chi connectivity index (χ2n) is 7.11. The van der Waals surface area contributed by atoms with E-state index < -0.39 is 0 Å². The van der Waals surface area contributed by atoms with E-state index in [0.29, 0.717) is 19.0 Å². The maximum Gasteiger partial charge on any atom is 0.226 e. The maximum absolute atomic E-state index is 5.60. The molecule has 0 bridgehead atoms. The Bertz CT molecular complexity index is 907. The molecular formula is C23H30IN5O. The largest absolute Gasteiger partial charge is 0.444 e. The minimum absolute atomic E-state index is 0. The molecule has 7 heteroatoms. The molecule has 0 amide bonds. The summed E-state index contributed by atoms with van der Waals surface area (Å²) in [5.41, 5.74) is 4.28. The molecule has 0 fully saturated rings. The standard InChI is InChI=1S/C23H29N5O.HI/c1-4-24-23(25-14-18-10-12-19(13-11-18)16-28(2)3)26-15-21-17-29-22(27-21)20-8-6-5-7-9-20;/h5-13,17H,4,14-16H2,1-3H3,(H2,24,25,26);1H. The second-order valence-corrected chi connectivity index (χ2v) is 7.11. The van der Waals surface area contributed by atoms with Crippen molar-refractivity contribution in [3.05, 3.63) is 77.7 Å². The number of aromatic nitrogens is 1. The molecular weight excluding hydrogens is 489 g/mol. The molecule has 2 aromatic carbocycles. The Morgan fingerprint density at radius 3 is 2.37 bits per heavy atom. The third-order valence-electron chi connectivity index (χ3n) is 4.30. The highest BCUT2D eigenvalue weighted by atomic mass is 127. The van der Waals surface area contributed by atoms with Crippen molar-refractivity contribution in [1.82, 2.24) is 20.5 Å². The van der Waals surface area contributed by atoms with Crippen molar-refractivity contribution in [2.75, 3.05) is 20.6 Å². The van der Waals surface area contributed by atoms with Gasteiger partial charge in [0, 0.05) is 18.7 Å². The number of rotatable bonds is 8. The normalized spacial score (nSPS) is 11.3. The van der Waals surface area contributed by atoms with Gasteiger partial charge in [0.25, 0.3) is 0 Å². The molecule has 0 atom stereocenters. The summed E-state index contributed by atoms with van der Waals surface area (Å²) in [7, 11) is 4.15. The minimum atomic E-state index is 0. The fourth-order valence-corrected chi connectivity index (χ4v) is 2.90. The highest BCUT2D eigenvalue weighted by Gasteiger charge is 2.07. The van der Waals surface area contributed by atoms with Crippen LogP contribution in [-0.2, 0) is 19.6 Å². The predicted molar refractivity (Wildman–Crippen MR) is 133 cm³/mol. The number of nitrogens with zero attached hydrogens (tertiary/aromatic N) is 3. The monoisotopic (exact) mass is 519 g/mol. The molecule has 30 heavy (non-hydrogen) atoms. The number of oxazole rings is 1. The van der Waals surface area contributed by atoms with Crippen LogP contribution in [0.3, 0.4) is 0 Å². The van der Waals surface area contributed by atoms with E-state index in [1.807, 2.05) is 30.3 Å². The third-order valence-corrected chi connectivity index (χ3v) is 4.30. The van der Waals surface area contributed by atoms with Crippen molar-refractivity contribution in [1.29, 1.82) is 0 Å². The molecule has 3 rings (SSSR count). The van der Waals surface area contributed by atoms with Crippen molar-refractivity contribution in [2.24, 2.45) is 4.99 Å². The number of guanidine groups is 1. The summed E-state index contributed by atoms with van der Waals surface area (Å²) in [6.07, 6.45) is 1.68. The van der Waals surface area contributed by atoms with E-state index in [2.05, 4.69) is 70.8 Å². The zero-order chi connectivity index (χ0) is 20.5. The van der Waals surface area contributed by atoms with Gasteiger partial charge in [-0.25, -0.2) is 9.98 Å². The van der Waals surface area contributed by atoms with Gasteiger partial charge in [0.15, 0.2) is 5.96 Å². The van der Waals surface area contributed by atoms with Gasteiger partial charge in [0.1, 0.15) is 6.26 Å². The smallest absolute Gasteiger partial charge is 0.226 e. The van der Waals surface area contributed by atoms with Crippen LogP contribution in [0.25, 0.3) is 11.5 Å². The Morgan fingerprint density at radius 2 is 1.70 bits per heavy atom. The number of aliphatic imine (C=N–C) groups is 1. The van der Waals surface area contributed by atoms with Crippen LogP contribution in [-0.4, -0.2) is 36.5 Å². The summed E-state index contributed by atoms with van der Waals surface area (Å²) in [6.45, 7) is 4.95. The van der Waals surface area contributed by atoms with Crippen LogP contribution in [0.1, 0.15) is 23.7 Å². The Morgan fingerprint density at radius 1 is 1.00 bits per heavy atom. The lowest BCUT2D eigenvalue weighted by atomic mass is 10.1. The van der Waals surface area contributed by atoms with Gasteiger partial charge in [-0.1, -0.05) is 42.5 Å². The fraction of sp³-hybridized carbons (Fsp3) is 0.304. The van der Waals surface area contributed by atoms with E-state index in [9.17, 15) is 0 Å². The Hall–Kier alpha value is -2.39. The van der Waals surface area contributed by atoms with Gasteiger partial charge >= 0.3 is 0 Å². The van der Waals surface area contributed by atoms with Crippen molar-refractivity contribution < 1.29 is 4.42 Å². The SMILES string of the molecule is CCNC(=NCc1ccc(CN(C)C)cc1)NCc1coc(-c2ccccc2)n1.I. The zero-order valence-electron chi connectivity index (χ0n) is 17.8. The number of halogens is 1. The average Bonchev–Trinajstić information content (AvgIpc) is 3.20. The van der Waals surface area contributed by atoms with E-state index in [4.69, 9.17) is 4.42 Å². The van der Waals surface area contributed by atoms with Crippen molar-refractivity contribution in [3.63, 3.8) is 0 Å². The Kier molecular flexibility index (Phi) is 9.82. The lowest BCUT2D eigenvalue weighted by Crippen LogP contribution is -2.36. The topological polar surface area (TPSA) is 65.7 Å². The molecule has 6 nitrogen and oxygen atoms in total. The van der Waals surface area contributed by atoms with Gasteiger partial charge < -0.3 is 20.0 Å². The van der Waals surface area contributed by atoms with Crippen molar-refractivity contribution in [3.8, 4) is 11.5 Å². The molecule has 0 aliphatic heterocycles. The average molecular weight is 519 g/mol. The van der Waals surface area contributed by atoms with Crippen LogP contribution < -0.4 is 10.6 Å². The first-order valence-corrected chi connectivity index (χ1v) is 9.88. The van der Waals surface area contributed by atoms with Gasteiger partial charge in [-0.2, -0.15) is 0 Å². The van der Waals surface area contributed by atoms with Gasteiger partial charge in [0.05, 0.1) is 18.8 Å². The van der Waals surface area contributed by atoms with E-state index in [1.165, 1.54) is 11.1 Å². The summed E-state index contributed by atoms with van der Waals surface area (Å²) in [4.78, 5) is 11.4. The summed E-state index contributed by atoms with van der Waals surface area (Å²) >= 11 is 0. The van der Waals surface area contributed by atoms with E-state index >= 15 is 0 Å². The third kappa shape index (κ3) is 7.46.